The van der Waals surface area contributed by atoms with E-state index in [4.69, 9.17) is 16.3 Å². The molecule has 0 radical (unpaired) electrons. The quantitative estimate of drug-likeness (QED) is 0.251. The van der Waals surface area contributed by atoms with Crippen molar-refractivity contribution in [2.45, 2.75) is 51.9 Å². The number of nitrogens with zero attached hydrogens (tertiary/aromatic N) is 3. The van der Waals surface area contributed by atoms with Crippen LogP contribution in [0.1, 0.15) is 37.6 Å². The number of hydrogen-bond donors (Lipinski definition) is 1. The molecule has 1 N–H and O–H groups in total. The molecule has 3 aromatic rings. The number of fused-ring (bicyclic) bond motifs is 1. The van der Waals surface area contributed by atoms with Crippen LogP contribution >= 0.6 is 11.6 Å². The number of benzene rings is 2. The van der Waals surface area contributed by atoms with Crippen molar-refractivity contribution in [1.82, 2.24) is 4.98 Å². The number of nitrogens with one attached hydrogen (secondary N) is 1. The molecule has 41 heavy (non-hydrogen) atoms. The minimum absolute atomic E-state index is 0.0319. The number of aromatic nitrogens is 1. The molecule has 218 valence electrons. The number of aryl methyl sites for hydroxylation is 1. The Morgan fingerprint density at radius 2 is 1.76 bits per heavy atom. The Hall–Kier alpha value is -3.93. The molecule has 1 aliphatic heterocycles. The zero-order chi connectivity index (χ0) is 30.4. The van der Waals surface area contributed by atoms with Crippen LogP contribution in [0.4, 0.5) is 49.6 Å². The summed E-state index contributed by atoms with van der Waals surface area (Å²) >= 11 is 5.82. The lowest BCUT2D eigenvalue weighted by atomic mass is 10.1. The van der Waals surface area contributed by atoms with Crippen molar-refractivity contribution < 1.29 is 36.3 Å². The van der Waals surface area contributed by atoms with E-state index in [0.717, 1.165) is 23.1 Å². The summed E-state index contributed by atoms with van der Waals surface area (Å²) in [5.74, 6) is -2.95. The number of hydrogen-bond acceptors (Lipinski definition) is 5. The molecule has 1 aliphatic rings. The first-order valence-corrected chi connectivity index (χ1v) is 12.7. The molecule has 0 saturated carbocycles. The summed E-state index contributed by atoms with van der Waals surface area (Å²) in [7, 11) is 1.25. The number of alkyl halides is 3. The van der Waals surface area contributed by atoms with E-state index in [-0.39, 0.29) is 23.6 Å². The van der Waals surface area contributed by atoms with Gasteiger partial charge >= 0.3 is 12.3 Å². The van der Waals surface area contributed by atoms with Crippen molar-refractivity contribution in [1.29, 1.82) is 0 Å². The summed E-state index contributed by atoms with van der Waals surface area (Å²) in [5, 5.41) is 2.18. The number of carbonyl (C=O) groups is 2. The van der Waals surface area contributed by atoms with Crippen LogP contribution in [-0.2, 0) is 22.1 Å². The van der Waals surface area contributed by atoms with Crippen LogP contribution in [0.15, 0.2) is 42.5 Å². The first-order chi connectivity index (χ1) is 18.9. The number of halogens is 6. The number of anilines is 4. The second-order valence-electron chi connectivity index (χ2n) is 10.5. The molecule has 2 heterocycles. The Kier molecular flexibility index (Phi) is 7.92. The molecule has 13 heteroatoms. The highest BCUT2D eigenvalue weighted by Gasteiger charge is 2.40. The molecule has 0 spiro atoms. The first kappa shape index (κ1) is 30.0. The molecule has 2 amide bonds. The molecule has 4 rings (SSSR count). The predicted molar refractivity (Wildman–Crippen MR) is 145 cm³/mol. The third-order valence-electron chi connectivity index (χ3n) is 6.19. The van der Waals surface area contributed by atoms with Gasteiger partial charge < -0.3 is 14.5 Å². The monoisotopic (exact) mass is 596 g/mol. The van der Waals surface area contributed by atoms with Gasteiger partial charge in [0.25, 0.3) is 0 Å². The predicted octanol–water partition coefficient (Wildman–Crippen LogP) is 7.41. The van der Waals surface area contributed by atoms with Crippen molar-refractivity contribution >= 4 is 46.5 Å². The Balaban J connectivity index is 1.78. The van der Waals surface area contributed by atoms with E-state index in [1.165, 1.54) is 31.0 Å². The highest BCUT2D eigenvalue weighted by atomic mass is 35.5. The highest BCUT2D eigenvalue weighted by molar-refractivity contribution is 6.31. The van der Waals surface area contributed by atoms with Crippen LogP contribution in [0, 0.1) is 18.6 Å². The van der Waals surface area contributed by atoms with Crippen LogP contribution < -0.4 is 15.1 Å². The summed E-state index contributed by atoms with van der Waals surface area (Å²) in [4.78, 5) is 32.6. The van der Waals surface area contributed by atoms with Crippen LogP contribution in [0.25, 0.3) is 0 Å². The number of likely N-dealkylation sites (N-methyl/N-ethyl adjacent to an activating group) is 1. The summed E-state index contributed by atoms with van der Waals surface area (Å²) in [6.07, 6.45) is -5.44. The van der Waals surface area contributed by atoms with Crippen LogP contribution in [0.2, 0.25) is 5.02 Å². The molecular weight excluding hydrogens is 571 g/mol. The Morgan fingerprint density at radius 3 is 2.39 bits per heavy atom. The van der Waals surface area contributed by atoms with E-state index in [2.05, 4.69) is 10.3 Å². The van der Waals surface area contributed by atoms with E-state index >= 15 is 0 Å². The maximum atomic E-state index is 14.6. The maximum Gasteiger partial charge on any atom is 0.416 e. The lowest BCUT2D eigenvalue weighted by Crippen LogP contribution is -2.45. The minimum atomic E-state index is -4.68. The summed E-state index contributed by atoms with van der Waals surface area (Å²) < 4.78 is 74.7. The van der Waals surface area contributed by atoms with Gasteiger partial charge in [-0.2, -0.15) is 13.2 Å². The number of carbonyl (C=O) groups excluding carboxylic acids is 2. The highest BCUT2D eigenvalue weighted by Crippen LogP contribution is 2.42. The number of amides is 2. The average molecular weight is 597 g/mol. The standard InChI is InChI=1S/C28H26ClF5N4O3/c1-14-8-16(28(32,33)34)11-24(35-14)38-21-7-6-17(36-26(40)41-27(2,3)4)9-15(21)10-23(38)25(39)37(5)22-12-18(29)19(30)13-20(22)31/h6-9,11-13,23H,10H2,1-5H3,(H,36,40)/t23-/m0/s1. The van der Waals surface area contributed by atoms with E-state index in [1.807, 2.05) is 0 Å². The van der Waals surface area contributed by atoms with Gasteiger partial charge in [-0.3, -0.25) is 10.1 Å². The maximum absolute atomic E-state index is 14.6. The second kappa shape index (κ2) is 10.8. The lowest BCUT2D eigenvalue weighted by Gasteiger charge is -2.30. The Morgan fingerprint density at radius 1 is 1.07 bits per heavy atom. The third-order valence-corrected chi connectivity index (χ3v) is 6.48. The second-order valence-corrected chi connectivity index (χ2v) is 10.9. The molecule has 1 atom stereocenters. The number of pyridine rings is 1. The van der Waals surface area contributed by atoms with Crippen molar-refractivity contribution in [3.8, 4) is 0 Å². The molecule has 0 bridgehead atoms. The Labute approximate surface area is 237 Å². The van der Waals surface area contributed by atoms with Crippen molar-refractivity contribution in [2.75, 3.05) is 22.2 Å². The van der Waals surface area contributed by atoms with Gasteiger partial charge in [0.1, 0.15) is 29.1 Å². The summed E-state index contributed by atoms with van der Waals surface area (Å²) in [5.41, 5.74) is -0.808. The third kappa shape index (κ3) is 6.53. The van der Waals surface area contributed by atoms with Gasteiger partial charge in [-0.15, -0.1) is 0 Å². The molecular formula is C28H26ClF5N4O3. The molecule has 1 aromatic heterocycles. The van der Waals surface area contributed by atoms with Crippen molar-refractivity contribution in [3.63, 3.8) is 0 Å². The first-order valence-electron chi connectivity index (χ1n) is 12.3. The van der Waals surface area contributed by atoms with E-state index in [9.17, 15) is 31.5 Å². The van der Waals surface area contributed by atoms with Crippen LogP contribution in [0.3, 0.4) is 0 Å². The fourth-order valence-corrected chi connectivity index (χ4v) is 4.64. The lowest BCUT2D eigenvalue weighted by molar-refractivity contribution is -0.137. The van der Waals surface area contributed by atoms with E-state index in [0.29, 0.717) is 23.0 Å². The smallest absolute Gasteiger partial charge is 0.416 e. The van der Waals surface area contributed by atoms with Crippen molar-refractivity contribution in [3.05, 3.63) is 75.9 Å². The van der Waals surface area contributed by atoms with Gasteiger partial charge in [-0.05, 0) is 69.7 Å². The zero-order valence-electron chi connectivity index (χ0n) is 22.7. The summed E-state index contributed by atoms with van der Waals surface area (Å²) in [6.45, 7) is 6.48. The molecule has 2 aromatic carbocycles. The SMILES string of the molecule is Cc1cc(C(F)(F)F)cc(N2c3ccc(NC(=O)OC(C)(C)C)cc3C[C@H]2C(=O)N(C)c2cc(Cl)c(F)cc2F)n1. The molecule has 0 unspecified atom stereocenters. The zero-order valence-corrected chi connectivity index (χ0v) is 23.4. The van der Waals surface area contributed by atoms with Crippen LogP contribution in [0.5, 0.6) is 0 Å². The fraction of sp³-hybridized carbons (Fsp3) is 0.321. The largest absolute Gasteiger partial charge is 0.444 e. The average Bonchev–Trinajstić information content (AvgIpc) is 3.22. The number of rotatable bonds is 4. The van der Waals surface area contributed by atoms with Crippen LogP contribution in [-0.4, -0.2) is 35.7 Å². The summed E-state index contributed by atoms with van der Waals surface area (Å²) in [6, 6.07) is 6.62. The van der Waals surface area contributed by atoms with E-state index < -0.39 is 52.0 Å². The van der Waals surface area contributed by atoms with E-state index in [1.54, 1.807) is 26.8 Å². The number of ether oxygens (including phenoxy) is 1. The Bertz CT molecular complexity index is 1520. The van der Waals surface area contributed by atoms with Gasteiger partial charge in [-0.25, -0.2) is 18.6 Å². The fourth-order valence-electron chi connectivity index (χ4n) is 4.48. The molecule has 0 fully saturated rings. The minimum Gasteiger partial charge on any atom is -0.444 e. The van der Waals surface area contributed by atoms with Gasteiger partial charge in [0.05, 0.1) is 16.3 Å². The normalized spacial score (nSPS) is 15.0. The molecule has 0 saturated heterocycles. The van der Waals surface area contributed by atoms with Crippen molar-refractivity contribution in [2.24, 2.45) is 0 Å². The topological polar surface area (TPSA) is 74.8 Å². The van der Waals surface area contributed by atoms with Gasteiger partial charge in [-0.1, -0.05) is 11.6 Å². The van der Waals surface area contributed by atoms with Gasteiger partial charge in [0.2, 0.25) is 5.91 Å². The molecule has 0 aliphatic carbocycles. The molecule has 7 nitrogen and oxygen atoms in total. The van der Waals surface area contributed by atoms with Gasteiger partial charge in [0, 0.05) is 36.6 Å². The van der Waals surface area contributed by atoms with Gasteiger partial charge in [0.15, 0.2) is 0 Å².